The maximum Gasteiger partial charge on any atom is 0.410 e. The van der Waals surface area contributed by atoms with Crippen LogP contribution in [0.5, 0.6) is 0 Å². The maximum absolute atomic E-state index is 12.2. The van der Waals surface area contributed by atoms with Gasteiger partial charge in [0.15, 0.2) is 0 Å². The fourth-order valence-electron chi connectivity index (χ4n) is 3.65. The van der Waals surface area contributed by atoms with Gasteiger partial charge < -0.3 is 19.3 Å². The number of ether oxygens (including phenoxy) is 1. The molecule has 0 radical (unpaired) electrons. The second kappa shape index (κ2) is 7.86. The van der Waals surface area contributed by atoms with Gasteiger partial charge in [-0.2, -0.15) is 0 Å². The zero-order chi connectivity index (χ0) is 18.2. The van der Waals surface area contributed by atoms with Crippen LogP contribution in [-0.4, -0.2) is 50.3 Å². The number of carboxylic acids is 1. The number of carbonyl (C=O) groups excluding carboxylic acids is 1. The highest BCUT2D eigenvalue weighted by atomic mass is 35.5. The number of likely N-dealkylation sites (tertiary alicyclic amines) is 1. The highest BCUT2D eigenvalue weighted by Crippen LogP contribution is 2.31. The van der Waals surface area contributed by atoms with E-state index < -0.39 is 11.6 Å². The Labute approximate surface area is 160 Å². The van der Waals surface area contributed by atoms with E-state index in [9.17, 15) is 14.7 Å². The second-order valence-electron chi connectivity index (χ2n) is 8.03. The van der Waals surface area contributed by atoms with Gasteiger partial charge in [-0.25, -0.2) is 9.78 Å². The normalized spacial score (nSPS) is 20.9. The molecule has 0 aromatic carbocycles. The summed E-state index contributed by atoms with van der Waals surface area (Å²) in [6, 6.07) is 0. The summed E-state index contributed by atoms with van der Waals surface area (Å²) in [7, 11) is 0. The Morgan fingerprint density at radius 1 is 1.23 bits per heavy atom. The number of fused-ring (bicyclic) bond motifs is 1. The molecule has 2 aliphatic rings. The zero-order valence-corrected chi connectivity index (χ0v) is 16.4. The highest BCUT2D eigenvalue weighted by molar-refractivity contribution is 5.85. The van der Waals surface area contributed by atoms with Crippen LogP contribution in [0.2, 0.25) is 0 Å². The highest BCUT2D eigenvalue weighted by Gasteiger charge is 2.32. The number of amides is 1. The predicted octanol–water partition coefficient (Wildman–Crippen LogP) is 3.07. The van der Waals surface area contributed by atoms with Gasteiger partial charge in [0.05, 0.1) is 5.92 Å². The van der Waals surface area contributed by atoms with Gasteiger partial charge in [0.2, 0.25) is 0 Å². The summed E-state index contributed by atoms with van der Waals surface area (Å²) in [5, 5.41) is 9.30. The Bertz CT molecular complexity index is 660. The number of piperidine rings is 1. The molecule has 1 saturated heterocycles. The average molecular weight is 386 g/mol. The van der Waals surface area contributed by atoms with Crippen LogP contribution >= 0.6 is 12.4 Å². The number of carboxylic acid groups (broad SMARTS) is 1. The number of hydrogen-bond donors (Lipinski definition) is 1. The first-order valence-corrected chi connectivity index (χ1v) is 8.99. The van der Waals surface area contributed by atoms with Crippen LogP contribution in [-0.2, 0) is 22.5 Å². The second-order valence-corrected chi connectivity index (χ2v) is 8.03. The number of hydrogen-bond acceptors (Lipinski definition) is 4. The summed E-state index contributed by atoms with van der Waals surface area (Å²) in [6.45, 7) is 7.40. The first kappa shape index (κ1) is 20.6. The molecule has 1 amide bonds. The lowest BCUT2D eigenvalue weighted by Crippen LogP contribution is -2.41. The standard InChI is InChI=1S/C18H27N3O4.ClH/c1-18(2,3)25-17(24)20-8-6-12(7-9-20)15-19-10-14-5-4-13(16(22)23)11-21(14)15;/h10,12-13H,4-9,11H2,1-3H3,(H,22,23);1H. The van der Waals surface area contributed by atoms with Crippen LogP contribution < -0.4 is 0 Å². The predicted molar refractivity (Wildman–Crippen MR) is 98.7 cm³/mol. The third-order valence-corrected chi connectivity index (χ3v) is 4.98. The third kappa shape index (κ3) is 4.50. The van der Waals surface area contributed by atoms with E-state index in [2.05, 4.69) is 9.55 Å². The first-order valence-electron chi connectivity index (χ1n) is 8.99. The number of halogens is 1. The third-order valence-electron chi connectivity index (χ3n) is 4.98. The van der Waals surface area contributed by atoms with Gasteiger partial charge in [-0.15, -0.1) is 12.4 Å². The Morgan fingerprint density at radius 3 is 2.46 bits per heavy atom. The Kier molecular flexibility index (Phi) is 6.21. The number of carbonyl (C=O) groups is 2. The van der Waals surface area contributed by atoms with Crippen molar-refractivity contribution in [1.29, 1.82) is 0 Å². The van der Waals surface area contributed by atoms with E-state index in [1.54, 1.807) is 4.90 Å². The molecule has 3 rings (SSSR count). The lowest BCUT2D eigenvalue weighted by molar-refractivity contribution is -0.142. The lowest BCUT2D eigenvalue weighted by atomic mass is 9.94. The number of nitrogens with zero attached hydrogens (tertiary/aromatic N) is 3. The lowest BCUT2D eigenvalue weighted by Gasteiger charge is -2.34. The van der Waals surface area contributed by atoms with Crippen molar-refractivity contribution in [2.45, 2.75) is 64.5 Å². The Morgan fingerprint density at radius 2 is 1.88 bits per heavy atom. The van der Waals surface area contributed by atoms with Gasteiger partial charge in [0, 0.05) is 37.4 Å². The van der Waals surface area contributed by atoms with E-state index in [4.69, 9.17) is 4.74 Å². The van der Waals surface area contributed by atoms with Crippen molar-refractivity contribution in [2.75, 3.05) is 13.1 Å². The van der Waals surface area contributed by atoms with Crippen molar-refractivity contribution in [2.24, 2.45) is 5.92 Å². The van der Waals surface area contributed by atoms with Crippen LogP contribution in [0.1, 0.15) is 57.5 Å². The fourth-order valence-corrected chi connectivity index (χ4v) is 3.65. The molecule has 3 heterocycles. The van der Waals surface area contributed by atoms with Gasteiger partial charge in [-0.1, -0.05) is 0 Å². The van der Waals surface area contributed by atoms with Crippen LogP contribution in [0.4, 0.5) is 4.79 Å². The zero-order valence-electron chi connectivity index (χ0n) is 15.6. The van der Waals surface area contributed by atoms with Crippen LogP contribution in [0.15, 0.2) is 6.20 Å². The molecule has 1 fully saturated rings. The largest absolute Gasteiger partial charge is 0.481 e. The van der Waals surface area contributed by atoms with Crippen LogP contribution in [0, 0.1) is 5.92 Å². The van der Waals surface area contributed by atoms with E-state index in [0.29, 0.717) is 26.1 Å². The number of aliphatic carboxylic acids is 1. The van der Waals surface area contributed by atoms with Gasteiger partial charge in [0.1, 0.15) is 11.4 Å². The molecule has 146 valence electrons. The first-order chi connectivity index (χ1) is 11.7. The van der Waals surface area contributed by atoms with E-state index in [0.717, 1.165) is 30.8 Å². The molecule has 0 spiro atoms. The van der Waals surface area contributed by atoms with Gasteiger partial charge in [0.25, 0.3) is 0 Å². The summed E-state index contributed by atoms with van der Waals surface area (Å²) in [6.07, 6.45) is 4.72. The van der Waals surface area contributed by atoms with Crippen molar-refractivity contribution in [3.63, 3.8) is 0 Å². The molecular weight excluding hydrogens is 358 g/mol. The molecule has 1 aromatic rings. The molecule has 0 saturated carbocycles. The summed E-state index contributed by atoms with van der Waals surface area (Å²) in [5.74, 6) is 0.178. The van der Waals surface area contributed by atoms with E-state index in [1.165, 1.54) is 0 Å². The maximum atomic E-state index is 12.2. The Hall–Kier alpha value is -1.76. The molecule has 1 unspecified atom stereocenters. The summed E-state index contributed by atoms with van der Waals surface area (Å²) in [5.41, 5.74) is 0.643. The summed E-state index contributed by atoms with van der Waals surface area (Å²) >= 11 is 0. The molecule has 1 atom stereocenters. The topological polar surface area (TPSA) is 84.7 Å². The number of aromatic nitrogens is 2. The fraction of sp³-hybridized carbons (Fsp3) is 0.722. The quantitative estimate of drug-likeness (QED) is 0.845. The van der Waals surface area contributed by atoms with Crippen molar-refractivity contribution in [1.82, 2.24) is 14.5 Å². The molecule has 2 aliphatic heterocycles. The molecule has 0 aliphatic carbocycles. The number of imidazole rings is 1. The minimum Gasteiger partial charge on any atom is -0.481 e. The van der Waals surface area contributed by atoms with E-state index in [-0.39, 0.29) is 30.3 Å². The molecule has 1 N–H and O–H groups in total. The summed E-state index contributed by atoms with van der Waals surface area (Å²) < 4.78 is 7.53. The van der Waals surface area contributed by atoms with Gasteiger partial charge >= 0.3 is 12.1 Å². The number of aryl methyl sites for hydroxylation is 1. The molecule has 7 nitrogen and oxygen atoms in total. The van der Waals surface area contributed by atoms with Crippen LogP contribution in [0.25, 0.3) is 0 Å². The van der Waals surface area contributed by atoms with Crippen molar-refractivity contribution >= 4 is 24.5 Å². The molecular formula is C18H28ClN3O4. The van der Waals surface area contributed by atoms with Crippen molar-refractivity contribution in [3.05, 3.63) is 17.7 Å². The van der Waals surface area contributed by atoms with Crippen LogP contribution in [0.3, 0.4) is 0 Å². The number of rotatable bonds is 2. The van der Waals surface area contributed by atoms with Crippen molar-refractivity contribution < 1.29 is 19.4 Å². The van der Waals surface area contributed by atoms with Crippen molar-refractivity contribution in [3.8, 4) is 0 Å². The Balaban J connectivity index is 0.00000243. The molecule has 0 bridgehead atoms. The summed E-state index contributed by atoms with van der Waals surface area (Å²) in [4.78, 5) is 29.8. The smallest absolute Gasteiger partial charge is 0.410 e. The molecule has 1 aromatic heterocycles. The molecule has 8 heteroatoms. The monoisotopic (exact) mass is 385 g/mol. The van der Waals surface area contributed by atoms with E-state index >= 15 is 0 Å². The van der Waals surface area contributed by atoms with E-state index in [1.807, 2.05) is 27.0 Å². The minimum atomic E-state index is -0.731. The molecule has 26 heavy (non-hydrogen) atoms. The van der Waals surface area contributed by atoms with Gasteiger partial charge in [-0.3, -0.25) is 4.79 Å². The minimum absolute atomic E-state index is 0. The average Bonchev–Trinajstić information content (AvgIpc) is 2.96. The SMILES string of the molecule is CC(C)(C)OC(=O)N1CCC(c2ncc3n2CC(C(=O)O)CC3)CC1.Cl. The van der Waals surface area contributed by atoms with Gasteiger partial charge in [-0.05, 0) is 46.5 Å².